The van der Waals surface area contributed by atoms with Crippen LogP contribution in [0.25, 0.3) is 0 Å². The summed E-state index contributed by atoms with van der Waals surface area (Å²) in [5.74, 6) is 0.826. The molecule has 140 valence electrons. The summed E-state index contributed by atoms with van der Waals surface area (Å²) in [7, 11) is 0. The van der Waals surface area contributed by atoms with Gasteiger partial charge in [-0.2, -0.15) is 0 Å². The van der Waals surface area contributed by atoms with Gasteiger partial charge < -0.3 is 20.5 Å². The van der Waals surface area contributed by atoms with Gasteiger partial charge in [-0.05, 0) is 37.1 Å². The molecule has 0 saturated carbocycles. The van der Waals surface area contributed by atoms with E-state index in [-0.39, 0.29) is 18.3 Å². The molecule has 0 bridgehead atoms. The Morgan fingerprint density at radius 3 is 2.62 bits per heavy atom. The Morgan fingerprint density at radius 1 is 1.27 bits per heavy atom. The van der Waals surface area contributed by atoms with Crippen molar-refractivity contribution in [1.29, 1.82) is 0 Å². The number of halogens is 1. The van der Waals surface area contributed by atoms with Gasteiger partial charge in [0.1, 0.15) is 12.4 Å². The molecule has 0 aliphatic carbocycles. The SMILES string of the molecule is CCNC(=NCC(=O)Nc1ccc(F)cc1)NCc1cc(C(C)C)no1. The zero-order valence-corrected chi connectivity index (χ0v) is 15.2. The lowest BCUT2D eigenvalue weighted by atomic mass is 10.1. The van der Waals surface area contributed by atoms with E-state index in [4.69, 9.17) is 4.52 Å². The lowest BCUT2D eigenvalue weighted by Gasteiger charge is -2.10. The van der Waals surface area contributed by atoms with Gasteiger partial charge in [0.25, 0.3) is 0 Å². The number of rotatable bonds is 7. The predicted octanol–water partition coefficient (Wildman–Crippen LogP) is 2.63. The summed E-state index contributed by atoms with van der Waals surface area (Å²) < 4.78 is 18.1. The number of anilines is 1. The first kappa shape index (κ1) is 19.4. The molecular formula is C18H24FN5O2. The first-order valence-electron chi connectivity index (χ1n) is 8.51. The van der Waals surface area contributed by atoms with Crippen molar-refractivity contribution in [3.63, 3.8) is 0 Å². The van der Waals surface area contributed by atoms with Crippen molar-refractivity contribution in [3.05, 3.63) is 47.6 Å². The molecule has 0 fully saturated rings. The number of guanidine groups is 1. The molecule has 0 spiro atoms. The molecule has 0 saturated heterocycles. The Bertz CT molecular complexity index is 740. The van der Waals surface area contributed by atoms with E-state index in [9.17, 15) is 9.18 Å². The van der Waals surface area contributed by atoms with Crippen LogP contribution < -0.4 is 16.0 Å². The van der Waals surface area contributed by atoms with E-state index in [0.717, 1.165) is 5.69 Å². The van der Waals surface area contributed by atoms with Crippen LogP contribution >= 0.6 is 0 Å². The molecule has 8 heteroatoms. The van der Waals surface area contributed by atoms with Crippen LogP contribution in [0.1, 0.15) is 38.1 Å². The van der Waals surface area contributed by atoms with E-state index in [1.807, 2.05) is 26.8 Å². The van der Waals surface area contributed by atoms with E-state index in [2.05, 4.69) is 26.1 Å². The Hall–Kier alpha value is -2.90. The highest BCUT2D eigenvalue weighted by atomic mass is 19.1. The second-order valence-corrected chi connectivity index (χ2v) is 5.98. The third-order valence-corrected chi connectivity index (χ3v) is 3.45. The van der Waals surface area contributed by atoms with E-state index in [1.165, 1.54) is 24.3 Å². The Balaban J connectivity index is 1.88. The van der Waals surface area contributed by atoms with Gasteiger partial charge in [0.15, 0.2) is 11.7 Å². The average Bonchev–Trinajstić information content (AvgIpc) is 3.09. The monoisotopic (exact) mass is 361 g/mol. The standard InChI is InChI=1S/C18H24FN5O2/c1-4-20-18(21-10-15-9-16(12(2)3)24-26-15)22-11-17(25)23-14-7-5-13(19)6-8-14/h5-9,12H,4,10-11H2,1-3H3,(H,23,25)(H2,20,21,22). The first-order valence-corrected chi connectivity index (χ1v) is 8.51. The van der Waals surface area contributed by atoms with Gasteiger partial charge >= 0.3 is 0 Å². The zero-order chi connectivity index (χ0) is 18.9. The summed E-state index contributed by atoms with van der Waals surface area (Å²) in [4.78, 5) is 16.2. The van der Waals surface area contributed by atoms with E-state index in [0.29, 0.717) is 36.4 Å². The van der Waals surface area contributed by atoms with Crippen LogP contribution in [-0.4, -0.2) is 30.1 Å². The quantitative estimate of drug-likeness (QED) is 0.521. The maximum absolute atomic E-state index is 12.9. The minimum Gasteiger partial charge on any atom is -0.359 e. The molecule has 0 unspecified atom stereocenters. The minimum atomic E-state index is -0.354. The molecule has 1 aromatic heterocycles. The highest BCUT2D eigenvalue weighted by molar-refractivity contribution is 5.94. The predicted molar refractivity (Wildman–Crippen MR) is 98.4 cm³/mol. The lowest BCUT2D eigenvalue weighted by Crippen LogP contribution is -2.37. The molecule has 26 heavy (non-hydrogen) atoms. The normalized spacial score (nSPS) is 11.5. The Labute approximate surface area is 152 Å². The number of nitrogens with zero attached hydrogens (tertiary/aromatic N) is 2. The number of hydrogen-bond donors (Lipinski definition) is 3. The summed E-state index contributed by atoms with van der Waals surface area (Å²) in [6.45, 7) is 7.01. The van der Waals surface area contributed by atoms with Gasteiger partial charge in [-0.15, -0.1) is 0 Å². The number of benzene rings is 1. The second-order valence-electron chi connectivity index (χ2n) is 5.98. The third kappa shape index (κ3) is 6.19. The molecule has 1 aromatic carbocycles. The number of amides is 1. The van der Waals surface area contributed by atoms with Crippen molar-refractivity contribution < 1.29 is 13.7 Å². The number of nitrogens with one attached hydrogen (secondary N) is 3. The van der Waals surface area contributed by atoms with Gasteiger partial charge in [-0.25, -0.2) is 9.38 Å². The van der Waals surface area contributed by atoms with Crippen molar-refractivity contribution in [1.82, 2.24) is 15.8 Å². The molecular weight excluding hydrogens is 337 g/mol. The topological polar surface area (TPSA) is 91.5 Å². The molecule has 2 aromatic rings. The van der Waals surface area contributed by atoms with Crippen LogP contribution in [0.3, 0.4) is 0 Å². The van der Waals surface area contributed by atoms with E-state index >= 15 is 0 Å². The summed E-state index contributed by atoms with van der Waals surface area (Å²) >= 11 is 0. The van der Waals surface area contributed by atoms with Crippen LogP contribution in [0, 0.1) is 5.82 Å². The number of carbonyl (C=O) groups is 1. The largest absolute Gasteiger partial charge is 0.359 e. The molecule has 7 nitrogen and oxygen atoms in total. The average molecular weight is 361 g/mol. The second kappa shape index (κ2) is 9.55. The highest BCUT2D eigenvalue weighted by Crippen LogP contribution is 2.13. The fourth-order valence-corrected chi connectivity index (χ4v) is 2.08. The van der Waals surface area contributed by atoms with Crippen molar-refractivity contribution in [2.75, 3.05) is 18.4 Å². The van der Waals surface area contributed by atoms with Gasteiger partial charge in [-0.3, -0.25) is 4.79 Å². The smallest absolute Gasteiger partial charge is 0.246 e. The Morgan fingerprint density at radius 2 is 2.00 bits per heavy atom. The molecule has 0 atom stereocenters. The van der Waals surface area contributed by atoms with E-state index < -0.39 is 0 Å². The Kier molecular flexibility index (Phi) is 7.13. The fourth-order valence-electron chi connectivity index (χ4n) is 2.08. The molecule has 0 aliphatic heterocycles. The summed E-state index contributed by atoms with van der Waals surface area (Å²) in [5.41, 5.74) is 1.41. The number of aromatic nitrogens is 1. The van der Waals surface area contributed by atoms with Crippen molar-refractivity contribution in [2.24, 2.45) is 4.99 Å². The summed E-state index contributed by atoms with van der Waals surface area (Å²) in [6, 6.07) is 7.45. The highest BCUT2D eigenvalue weighted by Gasteiger charge is 2.08. The van der Waals surface area contributed by atoms with Gasteiger partial charge in [0, 0.05) is 18.3 Å². The fraction of sp³-hybridized carbons (Fsp3) is 0.389. The summed E-state index contributed by atoms with van der Waals surface area (Å²) in [6.07, 6.45) is 0. The minimum absolute atomic E-state index is 0.0691. The molecule has 0 radical (unpaired) electrons. The summed E-state index contributed by atoms with van der Waals surface area (Å²) in [5, 5.41) is 12.8. The van der Waals surface area contributed by atoms with E-state index in [1.54, 1.807) is 0 Å². The maximum atomic E-state index is 12.9. The van der Waals surface area contributed by atoms with Crippen LogP contribution in [0.15, 0.2) is 39.8 Å². The molecule has 0 aliphatic rings. The van der Waals surface area contributed by atoms with Crippen LogP contribution in [0.5, 0.6) is 0 Å². The van der Waals surface area contributed by atoms with Gasteiger partial charge in [-0.1, -0.05) is 19.0 Å². The van der Waals surface area contributed by atoms with Crippen molar-refractivity contribution in [2.45, 2.75) is 33.2 Å². The third-order valence-electron chi connectivity index (χ3n) is 3.45. The van der Waals surface area contributed by atoms with Crippen molar-refractivity contribution in [3.8, 4) is 0 Å². The number of carbonyl (C=O) groups excluding carboxylic acids is 1. The lowest BCUT2D eigenvalue weighted by molar-refractivity contribution is -0.114. The zero-order valence-electron chi connectivity index (χ0n) is 15.2. The molecule has 1 amide bonds. The van der Waals surface area contributed by atoms with Gasteiger partial charge in [0.2, 0.25) is 5.91 Å². The maximum Gasteiger partial charge on any atom is 0.246 e. The van der Waals surface area contributed by atoms with Crippen molar-refractivity contribution >= 4 is 17.6 Å². The molecule has 3 N–H and O–H groups in total. The number of hydrogen-bond acceptors (Lipinski definition) is 4. The molecule has 1 heterocycles. The first-order chi connectivity index (χ1) is 12.5. The van der Waals surface area contributed by atoms with Crippen LogP contribution in [-0.2, 0) is 11.3 Å². The van der Waals surface area contributed by atoms with Crippen LogP contribution in [0.4, 0.5) is 10.1 Å². The molecule has 2 rings (SSSR count). The number of aliphatic imine (C=N–C) groups is 1. The van der Waals surface area contributed by atoms with Gasteiger partial charge in [0.05, 0.1) is 12.2 Å². The van der Waals surface area contributed by atoms with Crippen LogP contribution in [0.2, 0.25) is 0 Å².